The molecule has 2 aromatic rings. The molecule has 0 atom stereocenters. The number of anilines is 1. The molecule has 0 aromatic heterocycles. The summed E-state index contributed by atoms with van der Waals surface area (Å²) in [5.41, 5.74) is 3.87. The van der Waals surface area contributed by atoms with Crippen molar-refractivity contribution in [1.29, 1.82) is 5.26 Å². The monoisotopic (exact) mass is 378 g/mol. The lowest BCUT2D eigenvalue weighted by atomic mass is 10.1. The molecule has 96 valence electrons. The van der Waals surface area contributed by atoms with Gasteiger partial charge in [0.15, 0.2) is 0 Å². The molecule has 0 fully saturated rings. The predicted octanol–water partition coefficient (Wildman–Crippen LogP) is 5.00. The van der Waals surface area contributed by atoms with E-state index in [1.54, 1.807) is 0 Å². The van der Waals surface area contributed by atoms with E-state index >= 15 is 0 Å². The van der Waals surface area contributed by atoms with E-state index in [4.69, 9.17) is 5.26 Å². The number of halogens is 2. The first-order valence-electron chi connectivity index (χ1n) is 5.78. The summed E-state index contributed by atoms with van der Waals surface area (Å²) in [7, 11) is 0. The van der Waals surface area contributed by atoms with Crippen LogP contribution in [0.3, 0.4) is 0 Å². The number of nitriles is 1. The molecule has 0 aliphatic heterocycles. The molecule has 0 unspecified atom stereocenters. The third-order valence-electron chi connectivity index (χ3n) is 2.78. The fraction of sp³-hybridized carbons (Fsp3) is 0.133. The molecule has 0 amide bonds. The number of rotatable bonds is 3. The first-order chi connectivity index (χ1) is 9.10. The van der Waals surface area contributed by atoms with Crippen LogP contribution in [0.1, 0.15) is 16.7 Å². The minimum atomic E-state index is 0.637. The molecule has 0 spiro atoms. The molecule has 0 radical (unpaired) electrons. The topological polar surface area (TPSA) is 35.8 Å². The minimum Gasteiger partial charge on any atom is -0.380 e. The number of hydrogen-bond acceptors (Lipinski definition) is 2. The Morgan fingerprint density at radius 2 is 1.95 bits per heavy atom. The van der Waals surface area contributed by atoms with Gasteiger partial charge in [0.2, 0.25) is 0 Å². The van der Waals surface area contributed by atoms with Gasteiger partial charge < -0.3 is 5.32 Å². The highest BCUT2D eigenvalue weighted by Gasteiger charge is 2.04. The van der Waals surface area contributed by atoms with Gasteiger partial charge in [-0.3, -0.25) is 0 Å². The molecular formula is C15H12Br2N2. The number of aryl methyl sites for hydroxylation is 1. The molecule has 0 saturated heterocycles. The van der Waals surface area contributed by atoms with E-state index in [2.05, 4.69) is 68.4 Å². The molecule has 0 saturated carbocycles. The summed E-state index contributed by atoms with van der Waals surface area (Å²) >= 11 is 6.92. The molecule has 1 N–H and O–H groups in total. The third kappa shape index (κ3) is 3.59. The lowest BCUT2D eigenvalue weighted by Crippen LogP contribution is -2.02. The first-order valence-corrected chi connectivity index (χ1v) is 7.37. The summed E-state index contributed by atoms with van der Waals surface area (Å²) in [6, 6.07) is 14.1. The van der Waals surface area contributed by atoms with Crippen molar-refractivity contribution in [2.45, 2.75) is 13.5 Å². The second kappa shape index (κ2) is 6.23. The Bertz CT molecular complexity index is 645. The van der Waals surface area contributed by atoms with E-state index < -0.39 is 0 Å². The molecule has 19 heavy (non-hydrogen) atoms. The van der Waals surface area contributed by atoms with Crippen LogP contribution in [-0.4, -0.2) is 0 Å². The molecule has 2 rings (SSSR count). The summed E-state index contributed by atoms with van der Waals surface area (Å²) < 4.78 is 1.99. The van der Waals surface area contributed by atoms with E-state index in [0.29, 0.717) is 12.1 Å². The van der Waals surface area contributed by atoms with E-state index in [0.717, 1.165) is 20.2 Å². The number of benzene rings is 2. The van der Waals surface area contributed by atoms with Gasteiger partial charge in [0, 0.05) is 15.5 Å². The van der Waals surface area contributed by atoms with Crippen molar-refractivity contribution in [2.75, 3.05) is 5.32 Å². The van der Waals surface area contributed by atoms with E-state index in [1.165, 1.54) is 5.56 Å². The molecule has 2 aromatic carbocycles. The minimum absolute atomic E-state index is 0.637. The summed E-state index contributed by atoms with van der Waals surface area (Å²) in [5.74, 6) is 0. The summed E-state index contributed by atoms with van der Waals surface area (Å²) in [6.07, 6.45) is 0. The van der Waals surface area contributed by atoms with Crippen molar-refractivity contribution in [3.05, 3.63) is 62.0 Å². The van der Waals surface area contributed by atoms with E-state index in [9.17, 15) is 0 Å². The highest BCUT2D eigenvalue weighted by Crippen LogP contribution is 2.23. The van der Waals surface area contributed by atoms with Gasteiger partial charge in [-0.1, -0.05) is 44.0 Å². The summed E-state index contributed by atoms with van der Waals surface area (Å²) in [6.45, 7) is 2.74. The summed E-state index contributed by atoms with van der Waals surface area (Å²) in [4.78, 5) is 0. The van der Waals surface area contributed by atoms with Crippen LogP contribution in [0.25, 0.3) is 0 Å². The average molecular weight is 380 g/mol. The predicted molar refractivity (Wildman–Crippen MR) is 85.1 cm³/mol. The Hall–Kier alpha value is -1.31. The van der Waals surface area contributed by atoms with Crippen molar-refractivity contribution in [3.63, 3.8) is 0 Å². The van der Waals surface area contributed by atoms with Crippen LogP contribution < -0.4 is 5.32 Å². The Morgan fingerprint density at radius 3 is 2.63 bits per heavy atom. The molecular weight excluding hydrogens is 368 g/mol. The Kier molecular flexibility index (Phi) is 4.62. The normalized spacial score (nSPS) is 10.0. The fourth-order valence-corrected chi connectivity index (χ4v) is 2.74. The van der Waals surface area contributed by atoms with E-state index in [-0.39, 0.29) is 0 Å². The van der Waals surface area contributed by atoms with Crippen LogP contribution >= 0.6 is 31.9 Å². The van der Waals surface area contributed by atoms with Crippen molar-refractivity contribution >= 4 is 37.5 Å². The van der Waals surface area contributed by atoms with Crippen molar-refractivity contribution < 1.29 is 0 Å². The Balaban J connectivity index is 2.17. The van der Waals surface area contributed by atoms with Gasteiger partial charge in [-0.2, -0.15) is 5.26 Å². The third-order valence-corrected chi connectivity index (χ3v) is 4.01. The lowest BCUT2D eigenvalue weighted by Gasteiger charge is -2.10. The zero-order valence-corrected chi connectivity index (χ0v) is 13.5. The summed E-state index contributed by atoms with van der Waals surface area (Å²) in [5, 5.41) is 12.4. The van der Waals surface area contributed by atoms with Crippen molar-refractivity contribution in [3.8, 4) is 6.07 Å². The molecule has 4 heteroatoms. The van der Waals surface area contributed by atoms with Gasteiger partial charge in [-0.15, -0.1) is 0 Å². The second-order valence-corrected chi connectivity index (χ2v) is 6.02. The molecule has 0 heterocycles. The van der Waals surface area contributed by atoms with Crippen LogP contribution in [0.5, 0.6) is 0 Å². The molecule has 0 bridgehead atoms. The zero-order chi connectivity index (χ0) is 13.8. The van der Waals surface area contributed by atoms with Gasteiger partial charge in [-0.25, -0.2) is 0 Å². The Morgan fingerprint density at radius 1 is 1.16 bits per heavy atom. The maximum absolute atomic E-state index is 9.11. The first kappa shape index (κ1) is 14.1. The quantitative estimate of drug-likeness (QED) is 0.813. The van der Waals surface area contributed by atoms with Crippen molar-refractivity contribution in [2.24, 2.45) is 0 Å². The van der Waals surface area contributed by atoms with E-state index in [1.807, 2.05) is 18.2 Å². The van der Waals surface area contributed by atoms with Gasteiger partial charge in [0.1, 0.15) is 6.07 Å². The van der Waals surface area contributed by atoms with Crippen LogP contribution in [-0.2, 0) is 6.54 Å². The SMILES string of the molecule is Cc1ccc(CNc2ccc(Br)cc2C#N)c(Br)c1. The molecule has 0 aliphatic carbocycles. The average Bonchev–Trinajstić information content (AvgIpc) is 2.39. The molecule has 2 nitrogen and oxygen atoms in total. The second-order valence-electron chi connectivity index (χ2n) is 4.25. The highest BCUT2D eigenvalue weighted by atomic mass is 79.9. The smallest absolute Gasteiger partial charge is 0.101 e. The van der Waals surface area contributed by atoms with Crippen LogP contribution in [0.4, 0.5) is 5.69 Å². The van der Waals surface area contributed by atoms with Crippen LogP contribution in [0.15, 0.2) is 45.3 Å². The fourth-order valence-electron chi connectivity index (χ4n) is 1.75. The van der Waals surface area contributed by atoms with Crippen LogP contribution in [0.2, 0.25) is 0 Å². The maximum atomic E-state index is 9.11. The lowest BCUT2D eigenvalue weighted by molar-refractivity contribution is 1.13. The van der Waals surface area contributed by atoms with Crippen molar-refractivity contribution in [1.82, 2.24) is 0 Å². The number of nitrogens with one attached hydrogen (secondary N) is 1. The largest absolute Gasteiger partial charge is 0.380 e. The highest BCUT2D eigenvalue weighted by molar-refractivity contribution is 9.10. The maximum Gasteiger partial charge on any atom is 0.101 e. The van der Waals surface area contributed by atoms with Gasteiger partial charge in [0.25, 0.3) is 0 Å². The zero-order valence-electron chi connectivity index (χ0n) is 10.4. The van der Waals surface area contributed by atoms with Crippen LogP contribution in [0, 0.1) is 18.3 Å². The number of hydrogen-bond donors (Lipinski definition) is 1. The molecule has 0 aliphatic rings. The van der Waals surface area contributed by atoms with Gasteiger partial charge >= 0.3 is 0 Å². The standard InChI is InChI=1S/C15H12Br2N2/c1-10-2-3-11(14(17)6-10)9-19-15-5-4-13(16)7-12(15)8-18/h2-7,19H,9H2,1H3. The Labute approximate surface area is 129 Å². The van der Waals surface area contributed by atoms with Gasteiger partial charge in [-0.05, 0) is 42.3 Å². The number of nitrogens with zero attached hydrogens (tertiary/aromatic N) is 1. The van der Waals surface area contributed by atoms with Gasteiger partial charge in [0.05, 0.1) is 11.3 Å².